The van der Waals surface area contributed by atoms with E-state index in [1.165, 1.54) is 7.11 Å². The van der Waals surface area contributed by atoms with Crippen LogP contribution in [-0.2, 0) is 14.3 Å². The Morgan fingerprint density at radius 2 is 1.95 bits per heavy atom. The van der Waals surface area contributed by atoms with E-state index in [4.69, 9.17) is 10.5 Å². The van der Waals surface area contributed by atoms with Gasteiger partial charge in [-0.25, -0.2) is 0 Å². The number of nitrogens with one attached hydrogen (secondary N) is 2. The summed E-state index contributed by atoms with van der Waals surface area (Å²) in [4.78, 5) is 23.2. The highest BCUT2D eigenvalue weighted by atomic mass is 16.5. The predicted octanol–water partition coefficient (Wildman–Crippen LogP) is 1.34. The largest absolute Gasteiger partial charge is 0.375 e. The molecule has 0 radical (unpaired) electrons. The third-order valence-electron chi connectivity index (χ3n) is 2.63. The summed E-state index contributed by atoms with van der Waals surface area (Å²) in [6.07, 6.45) is 1.48. The van der Waals surface area contributed by atoms with Gasteiger partial charge in [-0.1, -0.05) is 19.4 Å². The van der Waals surface area contributed by atoms with Crippen molar-refractivity contribution in [1.29, 1.82) is 0 Å². The van der Waals surface area contributed by atoms with Gasteiger partial charge < -0.3 is 21.1 Å². The smallest absolute Gasteiger partial charge is 0.250 e. The molecule has 0 bridgehead atoms. The molecule has 0 aliphatic carbocycles. The Labute approximate surface area is 118 Å². The number of hydrogen-bond acceptors (Lipinski definition) is 4. The van der Waals surface area contributed by atoms with Gasteiger partial charge in [-0.15, -0.1) is 0 Å². The zero-order valence-electron chi connectivity index (χ0n) is 11.8. The van der Waals surface area contributed by atoms with E-state index in [0.29, 0.717) is 17.8 Å². The first-order chi connectivity index (χ1) is 9.56. The number of rotatable bonds is 7. The van der Waals surface area contributed by atoms with Crippen LogP contribution in [0.4, 0.5) is 11.4 Å². The van der Waals surface area contributed by atoms with Crippen LogP contribution in [0.2, 0.25) is 0 Å². The Balaban J connectivity index is 2.63. The van der Waals surface area contributed by atoms with Gasteiger partial charge in [0, 0.05) is 18.5 Å². The monoisotopic (exact) mass is 279 g/mol. The summed E-state index contributed by atoms with van der Waals surface area (Å²) in [6, 6.07) is 6.36. The molecule has 6 heteroatoms. The molecule has 4 N–H and O–H groups in total. The maximum atomic E-state index is 11.8. The quantitative estimate of drug-likeness (QED) is 0.702. The van der Waals surface area contributed by atoms with Gasteiger partial charge in [0.05, 0.1) is 6.04 Å². The Hall–Kier alpha value is -1.92. The van der Waals surface area contributed by atoms with Crippen LogP contribution in [0.15, 0.2) is 24.3 Å². The van der Waals surface area contributed by atoms with E-state index in [1.54, 1.807) is 24.3 Å². The maximum Gasteiger partial charge on any atom is 0.250 e. The van der Waals surface area contributed by atoms with Crippen LogP contribution in [0.5, 0.6) is 0 Å². The van der Waals surface area contributed by atoms with Crippen LogP contribution in [0, 0.1) is 0 Å². The molecule has 0 aliphatic heterocycles. The van der Waals surface area contributed by atoms with Crippen molar-refractivity contribution >= 4 is 23.2 Å². The summed E-state index contributed by atoms with van der Waals surface area (Å²) in [6.45, 7) is 1.96. The van der Waals surface area contributed by atoms with Crippen LogP contribution in [0.3, 0.4) is 0 Å². The molecule has 20 heavy (non-hydrogen) atoms. The van der Waals surface area contributed by atoms with Crippen LogP contribution in [0.25, 0.3) is 0 Å². The van der Waals surface area contributed by atoms with Crippen molar-refractivity contribution in [3.8, 4) is 0 Å². The van der Waals surface area contributed by atoms with Gasteiger partial charge >= 0.3 is 0 Å². The predicted molar refractivity (Wildman–Crippen MR) is 78.5 cm³/mol. The third-order valence-corrected chi connectivity index (χ3v) is 2.63. The molecular formula is C14H21N3O3. The SMILES string of the molecule is CCC[C@H](N)C(=O)Nc1cccc(NC(=O)COC)c1. The summed E-state index contributed by atoms with van der Waals surface area (Å²) in [5, 5.41) is 5.39. The zero-order chi connectivity index (χ0) is 15.0. The second kappa shape index (κ2) is 8.29. The first-order valence-corrected chi connectivity index (χ1v) is 6.52. The molecule has 0 unspecified atom stereocenters. The second-order valence-electron chi connectivity index (χ2n) is 4.45. The van der Waals surface area contributed by atoms with Gasteiger partial charge in [0.1, 0.15) is 6.61 Å². The van der Waals surface area contributed by atoms with Crippen molar-refractivity contribution in [2.24, 2.45) is 5.73 Å². The van der Waals surface area contributed by atoms with Crippen LogP contribution in [-0.4, -0.2) is 31.6 Å². The first-order valence-electron chi connectivity index (χ1n) is 6.52. The number of anilines is 2. The molecule has 0 aromatic heterocycles. The molecule has 1 aromatic carbocycles. The van der Waals surface area contributed by atoms with Gasteiger partial charge in [-0.3, -0.25) is 9.59 Å². The molecule has 1 rings (SSSR count). The van der Waals surface area contributed by atoms with Crippen LogP contribution < -0.4 is 16.4 Å². The van der Waals surface area contributed by atoms with Crippen molar-refractivity contribution < 1.29 is 14.3 Å². The molecule has 0 heterocycles. The second-order valence-corrected chi connectivity index (χ2v) is 4.45. The fraction of sp³-hybridized carbons (Fsp3) is 0.429. The maximum absolute atomic E-state index is 11.8. The number of carbonyl (C=O) groups is 2. The molecule has 0 saturated carbocycles. The Kier molecular flexibility index (Phi) is 6.69. The van der Waals surface area contributed by atoms with Gasteiger partial charge in [0.25, 0.3) is 0 Å². The van der Waals surface area contributed by atoms with Crippen LogP contribution >= 0.6 is 0 Å². The molecule has 0 fully saturated rings. The van der Waals surface area contributed by atoms with Gasteiger partial charge in [-0.05, 0) is 24.6 Å². The van der Waals surface area contributed by atoms with E-state index in [-0.39, 0.29) is 18.4 Å². The van der Waals surface area contributed by atoms with Crippen molar-refractivity contribution in [3.63, 3.8) is 0 Å². The molecule has 1 aromatic rings. The van der Waals surface area contributed by atoms with E-state index in [0.717, 1.165) is 6.42 Å². The minimum absolute atomic E-state index is 0.0159. The first kappa shape index (κ1) is 16.1. The number of carbonyl (C=O) groups excluding carboxylic acids is 2. The normalized spacial score (nSPS) is 11.8. The minimum atomic E-state index is -0.522. The lowest BCUT2D eigenvalue weighted by molar-refractivity contribution is -0.119. The summed E-state index contributed by atoms with van der Waals surface area (Å²) in [5.41, 5.74) is 6.92. The van der Waals surface area contributed by atoms with E-state index in [2.05, 4.69) is 10.6 Å². The van der Waals surface area contributed by atoms with Crippen molar-refractivity contribution in [2.45, 2.75) is 25.8 Å². The van der Waals surface area contributed by atoms with Gasteiger partial charge in [-0.2, -0.15) is 0 Å². The van der Waals surface area contributed by atoms with Crippen molar-refractivity contribution in [3.05, 3.63) is 24.3 Å². The number of amides is 2. The standard InChI is InChI=1S/C14H21N3O3/c1-3-5-12(15)14(19)17-11-7-4-6-10(8-11)16-13(18)9-20-2/h4,6-8,12H,3,5,9,15H2,1-2H3,(H,16,18)(H,17,19)/t12-/m0/s1. The van der Waals surface area contributed by atoms with Gasteiger partial charge in [0.15, 0.2) is 0 Å². The molecule has 0 saturated heterocycles. The van der Waals surface area contributed by atoms with Gasteiger partial charge in [0.2, 0.25) is 11.8 Å². The van der Waals surface area contributed by atoms with E-state index >= 15 is 0 Å². The highest BCUT2D eigenvalue weighted by Gasteiger charge is 2.12. The highest BCUT2D eigenvalue weighted by Crippen LogP contribution is 2.15. The summed E-state index contributed by atoms with van der Waals surface area (Å²) in [5.74, 6) is -0.481. The number of ether oxygens (including phenoxy) is 1. The number of benzene rings is 1. The Morgan fingerprint density at radius 1 is 1.30 bits per heavy atom. The third kappa shape index (κ3) is 5.38. The summed E-state index contributed by atoms with van der Waals surface area (Å²) >= 11 is 0. The topological polar surface area (TPSA) is 93.5 Å². The lowest BCUT2D eigenvalue weighted by Crippen LogP contribution is -2.35. The lowest BCUT2D eigenvalue weighted by atomic mass is 10.1. The average molecular weight is 279 g/mol. The average Bonchev–Trinajstić information content (AvgIpc) is 2.39. The fourth-order valence-electron chi connectivity index (χ4n) is 1.68. The molecule has 0 spiro atoms. The molecule has 0 aliphatic rings. The number of methoxy groups -OCH3 is 1. The zero-order valence-corrected chi connectivity index (χ0v) is 11.8. The van der Waals surface area contributed by atoms with Crippen molar-refractivity contribution in [1.82, 2.24) is 0 Å². The van der Waals surface area contributed by atoms with E-state index < -0.39 is 6.04 Å². The van der Waals surface area contributed by atoms with E-state index in [9.17, 15) is 9.59 Å². The number of hydrogen-bond donors (Lipinski definition) is 3. The fourth-order valence-corrected chi connectivity index (χ4v) is 1.68. The van der Waals surface area contributed by atoms with E-state index in [1.807, 2.05) is 6.92 Å². The summed E-state index contributed by atoms with van der Waals surface area (Å²) < 4.78 is 4.73. The lowest BCUT2D eigenvalue weighted by Gasteiger charge is -2.12. The van der Waals surface area contributed by atoms with Crippen molar-refractivity contribution in [2.75, 3.05) is 24.4 Å². The molecule has 1 atom stereocenters. The molecule has 110 valence electrons. The minimum Gasteiger partial charge on any atom is -0.375 e. The molecular weight excluding hydrogens is 258 g/mol. The Bertz CT molecular complexity index is 463. The number of nitrogens with two attached hydrogens (primary N) is 1. The molecule has 2 amide bonds. The Morgan fingerprint density at radius 3 is 2.55 bits per heavy atom. The van der Waals surface area contributed by atoms with Crippen LogP contribution in [0.1, 0.15) is 19.8 Å². The highest BCUT2D eigenvalue weighted by molar-refractivity contribution is 5.96. The molecule has 6 nitrogen and oxygen atoms in total. The summed E-state index contributed by atoms with van der Waals surface area (Å²) in [7, 11) is 1.45.